The van der Waals surface area contributed by atoms with Crippen LogP contribution in [-0.2, 0) is 9.53 Å². The summed E-state index contributed by atoms with van der Waals surface area (Å²) in [6, 6.07) is 7.50. The van der Waals surface area contributed by atoms with Crippen molar-refractivity contribution in [2.45, 2.75) is 37.8 Å². The summed E-state index contributed by atoms with van der Waals surface area (Å²) in [7, 11) is 1.57. The molecule has 3 N–H and O–H groups in total. The number of anilines is 1. The summed E-state index contributed by atoms with van der Waals surface area (Å²) in [5.74, 6) is 0.467. The second kappa shape index (κ2) is 7.26. The molecule has 2 unspecified atom stereocenters. The molecular formula is C15H22N2O3. The normalized spacial score (nSPS) is 22.3. The van der Waals surface area contributed by atoms with Crippen LogP contribution in [0, 0.1) is 0 Å². The molecule has 0 saturated heterocycles. The lowest BCUT2D eigenvalue weighted by Crippen LogP contribution is -2.33. The molecule has 5 heteroatoms. The van der Waals surface area contributed by atoms with E-state index in [4.69, 9.17) is 15.2 Å². The Labute approximate surface area is 119 Å². The van der Waals surface area contributed by atoms with Crippen molar-refractivity contribution in [2.24, 2.45) is 5.73 Å². The maximum atomic E-state index is 11.9. The van der Waals surface area contributed by atoms with Crippen LogP contribution in [0.25, 0.3) is 0 Å². The maximum absolute atomic E-state index is 11.9. The molecule has 1 saturated carbocycles. The molecule has 0 bridgehead atoms. The van der Waals surface area contributed by atoms with Crippen LogP contribution in [0.5, 0.6) is 5.75 Å². The van der Waals surface area contributed by atoms with Crippen molar-refractivity contribution >= 4 is 11.6 Å². The van der Waals surface area contributed by atoms with Gasteiger partial charge < -0.3 is 20.5 Å². The van der Waals surface area contributed by atoms with E-state index in [9.17, 15) is 4.79 Å². The standard InChI is InChI=1S/C15H22N2O3/c1-19-14-8-3-2-7-13(14)17-15(18)10-20-12-6-4-5-11(16)9-12/h2-3,7-8,11-12H,4-6,9-10,16H2,1H3,(H,17,18). The van der Waals surface area contributed by atoms with Gasteiger partial charge in [-0.2, -0.15) is 0 Å². The topological polar surface area (TPSA) is 73.6 Å². The fraction of sp³-hybridized carbons (Fsp3) is 0.533. The minimum Gasteiger partial charge on any atom is -0.495 e. The molecule has 1 aliphatic rings. The molecule has 20 heavy (non-hydrogen) atoms. The second-order valence-electron chi connectivity index (χ2n) is 5.11. The number of rotatable bonds is 5. The summed E-state index contributed by atoms with van der Waals surface area (Å²) < 4.78 is 10.8. The lowest BCUT2D eigenvalue weighted by Gasteiger charge is -2.26. The molecule has 1 aliphatic carbocycles. The first-order chi connectivity index (χ1) is 9.69. The average molecular weight is 278 g/mol. The maximum Gasteiger partial charge on any atom is 0.250 e. The number of benzene rings is 1. The SMILES string of the molecule is COc1ccccc1NC(=O)COC1CCCC(N)C1. The number of methoxy groups -OCH3 is 1. The smallest absolute Gasteiger partial charge is 0.250 e. The Kier molecular flexibility index (Phi) is 5.38. The molecule has 5 nitrogen and oxygen atoms in total. The zero-order valence-corrected chi connectivity index (χ0v) is 11.8. The third-order valence-electron chi connectivity index (χ3n) is 3.50. The van der Waals surface area contributed by atoms with Crippen LogP contribution in [-0.4, -0.2) is 31.8 Å². The van der Waals surface area contributed by atoms with Gasteiger partial charge in [-0.25, -0.2) is 0 Å². The van der Waals surface area contributed by atoms with Crippen molar-refractivity contribution in [3.8, 4) is 5.75 Å². The van der Waals surface area contributed by atoms with Crippen LogP contribution >= 0.6 is 0 Å². The van der Waals surface area contributed by atoms with Gasteiger partial charge in [0.05, 0.1) is 18.9 Å². The molecule has 0 aromatic heterocycles. The Balaban J connectivity index is 1.80. The predicted molar refractivity (Wildman–Crippen MR) is 77.8 cm³/mol. The van der Waals surface area contributed by atoms with Crippen LogP contribution in [0.4, 0.5) is 5.69 Å². The minimum atomic E-state index is -0.173. The molecule has 2 atom stereocenters. The van der Waals surface area contributed by atoms with Gasteiger partial charge in [-0.15, -0.1) is 0 Å². The van der Waals surface area contributed by atoms with Crippen molar-refractivity contribution < 1.29 is 14.3 Å². The molecule has 0 aliphatic heterocycles. The lowest BCUT2D eigenvalue weighted by molar-refractivity contribution is -0.123. The molecule has 1 aromatic rings. The van der Waals surface area contributed by atoms with Gasteiger partial charge in [0.15, 0.2) is 0 Å². The molecule has 2 rings (SSSR count). The molecule has 1 amide bonds. The largest absolute Gasteiger partial charge is 0.495 e. The number of para-hydroxylation sites is 2. The van der Waals surface area contributed by atoms with Gasteiger partial charge >= 0.3 is 0 Å². The van der Waals surface area contributed by atoms with E-state index in [2.05, 4.69) is 5.32 Å². The summed E-state index contributed by atoms with van der Waals surface area (Å²) in [6.07, 6.45) is 4.03. The molecule has 0 spiro atoms. The molecule has 110 valence electrons. The fourth-order valence-electron chi connectivity index (χ4n) is 2.46. The third-order valence-corrected chi connectivity index (χ3v) is 3.50. The van der Waals surface area contributed by atoms with Crippen LogP contribution in [0.1, 0.15) is 25.7 Å². The second-order valence-corrected chi connectivity index (χ2v) is 5.11. The quantitative estimate of drug-likeness (QED) is 0.863. The first-order valence-electron chi connectivity index (χ1n) is 6.99. The van der Waals surface area contributed by atoms with Crippen LogP contribution in [0.3, 0.4) is 0 Å². The highest BCUT2D eigenvalue weighted by molar-refractivity contribution is 5.93. The molecule has 1 aromatic carbocycles. The van der Waals surface area contributed by atoms with Crippen molar-refractivity contribution in [1.82, 2.24) is 0 Å². The summed E-state index contributed by atoms with van der Waals surface area (Å²) in [4.78, 5) is 11.9. The van der Waals surface area contributed by atoms with E-state index in [1.165, 1.54) is 0 Å². The Morgan fingerprint density at radius 2 is 2.20 bits per heavy atom. The van der Waals surface area contributed by atoms with E-state index in [0.717, 1.165) is 25.7 Å². The molecule has 0 radical (unpaired) electrons. The Bertz CT molecular complexity index is 450. The van der Waals surface area contributed by atoms with E-state index >= 15 is 0 Å². The van der Waals surface area contributed by atoms with Crippen LogP contribution in [0.2, 0.25) is 0 Å². The lowest BCUT2D eigenvalue weighted by atomic mass is 9.94. The van der Waals surface area contributed by atoms with E-state index < -0.39 is 0 Å². The summed E-state index contributed by atoms with van der Waals surface area (Å²) >= 11 is 0. The number of carbonyl (C=O) groups excluding carboxylic acids is 1. The van der Waals surface area contributed by atoms with Gasteiger partial charge in [0.1, 0.15) is 12.4 Å². The van der Waals surface area contributed by atoms with E-state index in [1.807, 2.05) is 12.1 Å². The fourth-order valence-corrected chi connectivity index (χ4v) is 2.46. The monoisotopic (exact) mass is 278 g/mol. The van der Waals surface area contributed by atoms with Gasteiger partial charge in [-0.1, -0.05) is 12.1 Å². The zero-order valence-electron chi connectivity index (χ0n) is 11.8. The minimum absolute atomic E-state index is 0.0510. The predicted octanol–water partition coefficient (Wildman–Crippen LogP) is 1.92. The van der Waals surface area contributed by atoms with E-state index in [1.54, 1.807) is 19.2 Å². The first-order valence-corrected chi connectivity index (χ1v) is 6.99. The number of hydrogen-bond donors (Lipinski definition) is 2. The van der Waals surface area contributed by atoms with E-state index in [0.29, 0.717) is 11.4 Å². The van der Waals surface area contributed by atoms with Crippen molar-refractivity contribution in [3.63, 3.8) is 0 Å². The van der Waals surface area contributed by atoms with Crippen molar-refractivity contribution in [2.75, 3.05) is 19.0 Å². The molecular weight excluding hydrogens is 256 g/mol. The number of amides is 1. The van der Waals surface area contributed by atoms with Gasteiger partial charge in [0, 0.05) is 6.04 Å². The van der Waals surface area contributed by atoms with Gasteiger partial charge in [-0.3, -0.25) is 4.79 Å². The first kappa shape index (κ1) is 14.8. The number of carbonyl (C=O) groups is 1. The van der Waals surface area contributed by atoms with Gasteiger partial charge in [0.2, 0.25) is 5.91 Å². The van der Waals surface area contributed by atoms with E-state index in [-0.39, 0.29) is 24.7 Å². The number of ether oxygens (including phenoxy) is 2. The number of nitrogens with two attached hydrogens (primary N) is 1. The molecule has 0 heterocycles. The van der Waals surface area contributed by atoms with Crippen LogP contribution in [0.15, 0.2) is 24.3 Å². The average Bonchev–Trinajstić information content (AvgIpc) is 2.46. The van der Waals surface area contributed by atoms with Gasteiger partial charge in [0.25, 0.3) is 0 Å². The Morgan fingerprint density at radius 1 is 1.40 bits per heavy atom. The highest BCUT2D eigenvalue weighted by Crippen LogP contribution is 2.23. The number of nitrogens with one attached hydrogen (secondary N) is 1. The van der Waals surface area contributed by atoms with Crippen molar-refractivity contribution in [1.29, 1.82) is 0 Å². The van der Waals surface area contributed by atoms with Crippen LogP contribution < -0.4 is 15.8 Å². The highest BCUT2D eigenvalue weighted by atomic mass is 16.5. The number of hydrogen-bond acceptors (Lipinski definition) is 4. The summed E-state index contributed by atoms with van der Waals surface area (Å²) in [6.45, 7) is 0.0510. The Hall–Kier alpha value is -1.59. The summed E-state index contributed by atoms with van der Waals surface area (Å²) in [5, 5.41) is 2.79. The highest BCUT2D eigenvalue weighted by Gasteiger charge is 2.20. The van der Waals surface area contributed by atoms with Crippen molar-refractivity contribution in [3.05, 3.63) is 24.3 Å². The van der Waals surface area contributed by atoms with Gasteiger partial charge in [-0.05, 0) is 37.8 Å². The zero-order chi connectivity index (χ0) is 14.4. The Morgan fingerprint density at radius 3 is 2.95 bits per heavy atom. The third kappa shape index (κ3) is 4.21. The molecule has 1 fully saturated rings. The summed E-state index contributed by atoms with van der Waals surface area (Å²) in [5.41, 5.74) is 6.55.